The van der Waals surface area contributed by atoms with Gasteiger partial charge in [0.2, 0.25) is 0 Å². The molecule has 0 atom stereocenters. The van der Waals surface area contributed by atoms with Crippen molar-refractivity contribution in [3.8, 4) is 0 Å². The van der Waals surface area contributed by atoms with Crippen molar-refractivity contribution in [2.75, 3.05) is 19.7 Å². The molecular weight excluding hydrogens is 248 g/mol. The van der Waals surface area contributed by atoms with Crippen LogP contribution in [0.4, 0.5) is 9.59 Å². The van der Waals surface area contributed by atoms with Gasteiger partial charge in [-0.2, -0.15) is 4.90 Å². The summed E-state index contributed by atoms with van der Waals surface area (Å²) < 4.78 is 4.89. The van der Waals surface area contributed by atoms with Crippen LogP contribution in [-0.2, 0) is 4.74 Å². The standard InChI is InChI=1S/C12H22N4O3/c1-4-7-9-15-12(18)16(10(13)19-6-3)11(17)14-8-5-2/h5,13H,2,4,6-9H2,1,3H3,(H,14,17)(H,15,18). The van der Waals surface area contributed by atoms with Crippen molar-refractivity contribution in [3.63, 3.8) is 0 Å². The third-order valence-corrected chi connectivity index (χ3v) is 2.09. The Balaban J connectivity index is 4.64. The van der Waals surface area contributed by atoms with Crippen molar-refractivity contribution >= 4 is 18.1 Å². The first-order chi connectivity index (χ1) is 9.08. The molecule has 0 heterocycles. The molecule has 108 valence electrons. The van der Waals surface area contributed by atoms with E-state index in [-0.39, 0.29) is 13.2 Å². The molecule has 19 heavy (non-hydrogen) atoms. The molecule has 4 amide bonds. The van der Waals surface area contributed by atoms with Gasteiger partial charge in [0, 0.05) is 13.1 Å². The molecule has 0 radical (unpaired) electrons. The fraction of sp³-hybridized carbons (Fsp3) is 0.583. The lowest BCUT2D eigenvalue weighted by Gasteiger charge is -2.21. The summed E-state index contributed by atoms with van der Waals surface area (Å²) in [4.78, 5) is 24.3. The van der Waals surface area contributed by atoms with Gasteiger partial charge in [-0.05, 0) is 13.3 Å². The van der Waals surface area contributed by atoms with E-state index >= 15 is 0 Å². The number of nitrogens with zero attached hydrogens (tertiary/aromatic N) is 1. The van der Waals surface area contributed by atoms with E-state index in [0.29, 0.717) is 11.4 Å². The van der Waals surface area contributed by atoms with Crippen LogP contribution in [0.2, 0.25) is 0 Å². The maximum atomic E-state index is 11.8. The molecular formula is C12H22N4O3. The third kappa shape index (κ3) is 6.44. The molecule has 0 saturated carbocycles. The molecule has 0 rings (SSSR count). The summed E-state index contributed by atoms with van der Waals surface area (Å²) in [5.74, 6) is 0. The molecule has 0 bridgehead atoms. The fourth-order valence-electron chi connectivity index (χ4n) is 1.17. The molecule has 0 aromatic rings. The highest BCUT2D eigenvalue weighted by molar-refractivity contribution is 6.08. The zero-order valence-electron chi connectivity index (χ0n) is 11.5. The number of nitrogens with one attached hydrogen (secondary N) is 3. The zero-order chi connectivity index (χ0) is 14.7. The normalized spacial score (nSPS) is 9.37. The average molecular weight is 270 g/mol. The molecule has 7 nitrogen and oxygen atoms in total. The van der Waals surface area contributed by atoms with Crippen LogP contribution in [0, 0.1) is 5.41 Å². The number of amidine groups is 1. The monoisotopic (exact) mass is 270 g/mol. The second-order valence-corrected chi connectivity index (χ2v) is 3.63. The Morgan fingerprint density at radius 3 is 2.47 bits per heavy atom. The number of imide groups is 1. The number of carbonyl (C=O) groups is 2. The van der Waals surface area contributed by atoms with E-state index in [2.05, 4.69) is 17.2 Å². The molecule has 0 spiro atoms. The van der Waals surface area contributed by atoms with Gasteiger partial charge in [0.25, 0.3) is 0 Å². The lowest BCUT2D eigenvalue weighted by molar-refractivity contribution is 0.189. The molecule has 0 aliphatic carbocycles. The van der Waals surface area contributed by atoms with Gasteiger partial charge < -0.3 is 15.4 Å². The van der Waals surface area contributed by atoms with Gasteiger partial charge in [-0.3, -0.25) is 5.41 Å². The van der Waals surface area contributed by atoms with E-state index < -0.39 is 18.1 Å². The average Bonchev–Trinajstić information content (AvgIpc) is 2.37. The zero-order valence-corrected chi connectivity index (χ0v) is 11.5. The van der Waals surface area contributed by atoms with E-state index in [1.165, 1.54) is 6.08 Å². The minimum Gasteiger partial charge on any atom is -0.465 e. The van der Waals surface area contributed by atoms with Crippen LogP contribution < -0.4 is 10.6 Å². The summed E-state index contributed by atoms with van der Waals surface area (Å²) in [5, 5.41) is 12.6. The number of ether oxygens (including phenoxy) is 1. The number of rotatable bonds is 6. The Labute approximate surface area is 113 Å². The smallest absolute Gasteiger partial charge is 0.334 e. The highest BCUT2D eigenvalue weighted by atomic mass is 16.5. The molecule has 0 aromatic carbocycles. The van der Waals surface area contributed by atoms with Crippen LogP contribution in [0.25, 0.3) is 0 Å². The summed E-state index contributed by atoms with van der Waals surface area (Å²) >= 11 is 0. The van der Waals surface area contributed by atoms with Crippen molar-refractivity contribution in [1.82, 2.24) is 15.5 Å². The maximum Gasteiger partial charge on any atom is 0.334 e. The lowest BCUT2D eigenvalue weighted by Crippen LogP contribution is -2.52. The van der Waals surface area contributed by atoms with Gasteiger partial charge in [0.1, 0.15) is 0 Å². The van der Waals surface area contributed by atoms with Crippen LogP contribution in [0.3, 0.4) is 0 Å². The van der Waals surface area contributed by atoms with E-state index in [1.54, 1.807) is 6.92 Å². The summed E-state index contributed by atoms with van der Waals surface area (Å²) in [5.41, 5.74) is 0. The molecule has 0 aromatic heterocycles. The number of amides is 4. The first kappa shape index (κ1) is 16.9. The highest BCUT2D eigenvalue weighted by Crippen LogP contribution is 1.96. The first-order valence-corrected chi connectivity index (χ1v) is 6.26. The number of hydrogen-bond acceptors (Lipinski definition) is 4. The fourth-order valence-corrected chi connectivity index (χ4v) is 1.17. The minimum absolute atomic E-state index is 0.201. The molecule has 3 N–H and O–H groups in total. The Morgan fingerprint density at radius 2 is 1.95 bits per heavy atom. The Hall–Kier alpha value is -2.05. The van der Waals surface area contributed by atoms with Crippen LogP contribution >= 0.6 is 0 Å². The summed E-state index contributed by atoms with van der Waals surface area (Å²) in [6, 6.07) is -1.89. The Kier molecular flexibility index (Phi) is 8.86. The maximum absolute atomic E-state index is 11.8. The topological polar surface area (TPSA) is 94.5 Å². The number of urea groups is 2. The predicted octanol–water partition coefficient (Wildman–Crippen LogP) is 1.66. The van der Waals surface area contributed by atoms with Gasteiger partial charge in [0.15, 0.2) is 0 Å². The molecule has 0 unspecified atom stereocenters. The Morgan fingerprint density at radius 1 is 1.32 bits per heavy atom. The Bertz CT molecular complexity index is 331. The van der Waals surface area contributed by atoms with Gasteiger partial charge in [-0.15, -0.1) is 6.58 Å². The van der Waals surface area contributed by atoms with Crippen LogP contribution in [-0.4, -0.2) is 42.7 Å². The van der Waals surface area contributed by atoms with E-state index in [0.717, 1.165) is 12.8 Å². The SMILES string of the molecule is C=CCNC(=O)N(C(=N)OCC)C(=O)NCCCC. The van der Waals surface area contributed by atoms with Gasteiger partial charge in [-0.1, -0.05) is 19.4 Å². The van der Waals surface area contributed by atoms with Crippen LogP contribution in [0.15, 0.2) is 12.7 Å². The van der Waals surface area contributed by atoms with Crippen molar-refractivity contribution in [1.29, 1.82) is 5.41 Å². The molecule has 0 fully saturated rings. The number of unbranched alkanes of at least 4 members (excludes halogenated alkanes) is 1. The van der Waals surface area contributed by atoms with Crippen LogP contribution in [0.1, 0.15) is 26.7 Å². The number of carbonyl (C=O) groups excluding carboxylic acids is 2. The number of hydrogen-bond donors (Lipinski definition) is 3. The van der Waals surface area contributed by atoms with E-state index in [1.807, 2.05) is 6.92 Å². The van der Waals surface area contributed by atoms with Crippen LogP contribution in [0.5, 0.6) is 0 Å². The summed E-state index contributed by atoms with van der Waals surface area (Å²) in [6.07, 6.45) is 3.21. The van der Waals surface area contributed by atoms with Crippen molar-refractivity contribution < 1.29 is 14.3 Å². The predicted molar refractivity (Wildman–Crippen MR) is 73.1 cm³/mol. The molecule has 0 aliphatic heterocycles. The second-order valence-electron chi connectivity index (χ2n) is 3.63. The minimum atomic E-state index is -0.715. The third-order valence-electron chi connectivity index (χ3n) is 2.09. The quantitative estimate of drug-likeness (QED) is 0.296. The molecule has 0 aliphatic rings. The van der Waals surface area contributed by atoms with Gasteiger partial charge in [0.05, 0.1) is 6.61 Å². The van der Waals surface area contributed by atoms with E-state index in [9.17, 15) is 9.59 Å². The van der Waals surface area contributed by atoms with Crippen molar-refractivity contribution in [2.24, 2.45) is 0 Å². The van der Waals surface area contributed by atoms with Gasteiger partial charge in [-0.25, -0.2) is 9.59 Å². The van der Waals surface area contributed by atoms with Gasteiger partial charge >= 0.3 is 18.1 Å². The summed E-state index contributed by atoms with van der Waals surface area (Å²) in [6.45, 7) is 7.97. The largest absolute Gasteiger partial charge is 0.465 e. The molecule has 0 saturated heterocycles. The molecule has 7 heteroatoms. The second kappa shape index (κ2) is 9.93. The lowest BCUT2D eigenvalue weighted by atomic mass is 10.3. The first-order valence-electron chi connectivity index (χ1n) is 6.26. The summed E-state index contributed by atoms with van der Waals surface area (Å²) in [7, 11) is 0. The van der Waals surface area contributed by atoms with E-state index in [4.69, 9.17) is 10.1 Å². The highest BCUT2D eigenvalue weighted by Gasteiger charge is 2.26. The van der Waals surface area contributed by atoms with Crippen molar-refractivity contribution in [3.05, 3.63) is 12.7 Å². The van der Waals surface area contributed by atoms with Crippen molar-refractivity contribution in [2.45, 2.75) is 26.7 Å².